The molecule has 0 aromatic heterocycles. The molecule has 0 fully saturated rings. The molecule has 0 aliphatic carbocycles. The van der Waals surface area contributed by atoms with E-state index in [-0.39, 0.29) is 11.9 Å². The van der Waals surface area contributed by atoms with Crippen LogP contribution in [0.1, 0.15) is 129 Å². The quantitative estimate of drug-likeness (QED) is 0.241. The topological polar surface area (TPSA) is 55.1 Å². The first kappa shape index (κ1) is 25.4. The van der Waals surface area contributed by atoms with E-state index in [0.717, 1.165) is 19.4 Å². The Morgan fingerprint density at radius 2 is 1.12 bits per heavy atom. The van der Waals surface area contributed by atoms with Crippen LogP contribution in [-0.2, 0) is 4.79 Å². The second-order valence-electron chi connectivity index (χ2n) is 8.17. The van der Waals surface area contributed by atoms with E-state index in [1.165, 1.54) is 96.3 Å². The van der Waals surface area contributed by atoms with Gasteiger partial charge < -0.3 is 11.1 Å². The Morgan fingerprint density at radius 1 is 0.731 bits per heavy atom. The molecule has 0 heterocycles. The monoisotopic (exact) mass is 368 g/mol. The van der Waals surface area contributed by atoms with Crippen molar-refractivity contribution in [1.82, 2.24) is 5.32 Å². The fourth-order valence-electron chi connectivity index (χ4n) is 3.35. The highest BCUT2D eigenvalue weighted by atomic mass is 16.1. The molecule has 0 aliphatic rings. The van der Waals surface area contributed by atoms with Crippen molar-refractivity contribution in [1.29, 1.82) is 0 Å². The van der Waals surface area contributed by atoms with Crippen molar-refractivity contribution >= 4 is 5.91 Å². The van der Waals surface area contributed by atoms with E-state index in [1.54, 1.807) is 0 Å². The van der Waals surface area contributed by atoms with Gasteiger partial charge in [-0.3, -0.25) is 4.79 Å². The fraction of sp³-hybridized carbons (Fsp3) is 0.957. The molecule has 1 atom stereocenters. The highest BCUT2D eigenvalue weighted by Crippen LogP contribution is 2.13. The SMILES string of the molecule is CCCCCCCCCCCCCCCCCCNC(=O)CCC(C)N. The van der Waals surface area contributed by atoms with E-state index in [0.29, 0.717) is 6.42 Å². The van der Waals surface area contributed by atoms with Crippen molar-refractivity contribution in [3.63, 3.8) is 0 Å². The predicted molar refractivity (Wildman–Crippen MR) is 115 cm³/mol. The average Bonchev–Trinajstić information content (AvgIpc) is 2.62. The standard InChI is InChI=1S/C23H48N2O/c1-3-4-5-6-7-8-9-10-11-12-13-14-15-16-17-18-21-25-23(26)20-19-22(2)24/h22H,3-21,24H2,1-2H3,(H,25,26). The van der Waals surface area contributed by atoms with Gasteiger partial charge in [0.15, 0.2) is 0 Å². The summed E-state index contributed by atoms with van der Waals surface area (Å²) in [7, 11) is 0. The molecule has 0 aromatic rings. The number of hydrogen-bond acceptors (Lipinski definition) is 2. The van der Waals surface area contributed by atoms with Crippen LogP contribution in [-0.4, -0.2) is 18.5 Å². The first-order valence-corrected chi connectivity index (χ1v) is 11.7. The number of nitrogens with two attached hydrogens (primary N) is 1. The number of nitrogens with one attached hydrogen (secondary N) is 1. The van der Waals surface area contributed by atoms with Crippen molar-refractivity contribution in [2.45, 2.75) is 135 Å². The lowest BCUT2D eigenvalue weighted by atomic mass is 10.0. The molecule has 0 spiro atoms. The van der Waals surface area contributed by atoms with Crippen LogP contribution >= 0.6 is 0 Å². The summed E-state index contributed by atoms with van der Waals surface area (Å²) in [6.45, 7) is 5.06. The average molecular weight is 369 g/mol. The Hall–Kier alpha value is -0.570. The van der Waals surface area contributed by atoms with Gasteiger partial charge in [-0.15, -0.1) is 0 Å². The summed E-state index contributed by atoms with van der Waals surface area (Å²) in [5.74, 6) is 0.156. The summed E-state index contributed by atoms with van der Waals surface area (Å²) in [6.07, 6.45) is 23.5. The van der Waals surface area contributed by atoms with E-state index in [9.17, 15) is 4.79 Å². The maximum absolute atomic E-state index is 11.5. The zero-order valence-corrected chi connectivity index (χ0v) is 18.0. The second kappa shape index (κ2) is 20.7. The Kier molecular flexibility index (Phi) is 20.3. The van der Waals surface area contributed by atoms with Crippen LogP contribution < -0.4 is 11.1 Å². The molecule has 0 aromatic carbocycles. The zero-order valence-electron chi connectivity index (χ0n) is 18.0. The normalized spacial score (nSPS) is 12.3. The Labute approximate surface area is 164 Å². The first-order chi connectivity index (χ1) is 12.7. The number of carbonyl (C=O) groups is 1. The minimum atomic E-state index is 0.122. The van der Waals surface area contributed by atoms with E-state index in [2.05, 4.69) is 12.2 Å². The van der Waals surface area contributed by atoms with E-state index in [1.807, 2.05) is 6.92 Å². The van der Waals surface area contributed by atoms with Gasteiger partial charge in [0.05, 0.1) is 0 Å². The van der Waals surface area contributed by atoms with Crippen molar-refractivity contribution in [3.05, 3.63) is 0 Å². The van der Waals surface area contributed by atoms with Gasteiger partial charge in [-0.2, -0.15) is 0 Å². The molecule has 1 unspecified atom stereocenters. The van der Waals surface area contributed by atoms with Crippen LogP contribution in [0.3, 0.4) is 0 Å². The summed E-state index contributed by atoms with van der Waals surface area (Å²) in [6, 6.07) is 0.122. The maximum atomic E-state index is 11.5. The lowest BCUT2D eigenvalue weighted by molar-refractivity contribution is -0.121. The minimum Gasteiger partial charge on any atom is -0.356 e. The van der Waals surface area contributed by atoms with Crippen LogP contribution in [0, 0.1) is 0 Å². The van der Waals surface area contributed by atoms with Crippen LogP contribution in [0.5, 0.6) is 0 Å². The molecule has 0 saturated heterocycles. The third-order valence-electron chi connectivity index (χ3n) is 5.18. The molecule has 0 aliphatic heterocycles. The summed E-state index contributed by atoms with van der Waals surface area (Å²) in [4.78, 5) is 11.5. The van der Waals surface area contributed by atoms with E-state index >= 15 is 0 Å². The van der Waals surface area contributed by atoms with Gasteiger partial charge >= 0.3 is 0 Å². The van der Waals surface area contributed by atoms with Crippen molar-refractivity contribution < 1.29 is 4.79 Å². The summed E-state index contributed by atoms with van der Waals surface area (Å²) >= 11 is 0. The smallest absolute Gasteiger partial charge is 0.220 e. The van der Waals surface area contributed by atoms with Gasteiger partial charge in [-0.25, -0.2) is 0 Å². The number of hydrogen-bond donors (Lipinski definition) is 2. The van der Waals surface area contributed by atoms with Crippen LogP contribution in [0.4, 0.5) is 0 Å². The van der Waals surface area contributed by atoms with Crippen molar-refractivity contribution in [2.24, 2.45) is 5.73 Å². The fourth-order valence-corrected chi connectivity index (χ4v) is 3.35. The highest BCUT2D eigenvalue weighted by Gasteiger charge is 2.02. The maximum Gasteiger partial charge on any atom is 0.220 e. The second-order valence-corrected chi connectivity index (χ2v) is 8.17. The molecule has 156 valence electrons. The van der Waals surface area contributed by atoms with E-state index in [4.69, 9.17) is 5.73 Å². The predicted octanol–water partition coefficient (Wildman–Crippen LogP) is 6.49. The van der Waals surface area contributed by atoms with Crippen LogP contribution in [0.25, 0.3) is 0 Å². The Morgan fingerprint density at radius 3 is 1.50 bits per heavy atom. The lowest BCUT2D eigenvalue weighted by Gasteiger charge is -2.07. The van der Waals surface area contributed by atoms with Gasteiger partial charge in [0.2, 0.25) is 5.91 Å². The van der Waals surface area contributed by atoms with Gasteiger partial charge in [-0.05, 0) is 19.8 Å². The lowest BCUT2D eigenvalue weighted by Crippen LogP contribution is -2.26. The molecule has 0 bridgehead atoms. The summed E-state index contributed by atoms with van der Waals surface area (Å²) in [5, 5.41) is 2.99. The molecule has 0 saturated carbocycles. The molecule has 0 radical (unpaired) electrons. The first-order valence-electron chi connectivity index (χ1n) is 11.7. The summed E-state index contributed by atoms with van der Waals surface area (Å²) < 4.78 is 0. The Balaban J connectivity index is 3.08. The molecule has 26 heavy (non-hydrogen) atoms. The summed E-state index contributed by atoms with van der Waals surface area (Å²) in [5.41, 5.74) is 5.66. The molecular weight excluding hydrogens is 320 g/mol. The number of carbonyl (C=O) groups excluding carboxylic acids is 1. The molecule has 3 N–H and O–H groups in total. The molecule has 3 heteroatoms. The third-order valence-corrected chi connectivity index (χ3v) is 5.18. The van der Waals surface area contributed by atoms with Gasteiger partial charge in [0.25, 0.3) is 0 Å². The van der Waals surface area contributed by atoms with E-state index < -0.39 is 0 Å². The van der Waals surface area contributed by atoms with Crippen molar-refractivity contribution in [3.8, 4) is 0 Å². The van der Waals surface area contributed by atoms with Gasteiger partial charge in [0, 0.05) is 19.0 Å². The van der Waals surface area contributed by atoms with Gasteiger partial charge in [-0.1, -0.05) is 103 Å². The molecule has 3 nitrogen and oxygen atoms in total. The molecular formula is C23H48N2O. The van der Waals surface area contributed by atoms with Crippen LogP contribution in [0.2, 0.25) is 0 Å². The van der Waals surface area contributed by atoms with Crippen molar-refractivity contribution in [2.75, 3.05) is 6.54 Å². The van der Waals surface area contributed by atoms with Crippen LogP contribution in [0.15, 0.2) is 0 Å². The highest BCUT2D eigenvalue weighted by molar-refractivity contribution is 5.75. The molecule has 0 rings (SSSR count). The minimum absolute atomic E-state index is 0.122. The largest absolute Gasteiger partial charge is 0.356 e. The zero-order chi connectivity index (χ0) is 19.3. The van der Waals surface area contributed by atoms with Gasteiger partial charge in [0.1, 0.15) is 0 Å². The number of amides is 1. The Bertz CT molecular complexity index is 292. The third kappa shape index (κ3) is 21.5. The number of unbranched alkanes of at least 4 members (excludes halogenated alkanes) is 15. The molecule has 1 amide bonds. The number of rotatable bonds is 20.